The molecule has 22 heavy (non-hydrogen) atoms. The first-order valence-corrected chi connectivity index (χ1v) is 7.96. The zero-order valence-corrected chi connectivity index (χ0v) is 13.2. The average Bonchev–Trinajstić information content (AvgIpc) is 2.47. The van der Waals surface area contributed by atoms with E-state index in [1.54, 1.807) is 19.9 Å². The van der Waals surface area contributed by atoms with Gasteiger partial charge in [0.15, 0.2) is 0 Å². The van der Waals surface area contributed by atoms with Gasteiger partial charge in [0.1, 0.15) is 4.75 Å². The fourth-order valence-electron chi connectivity index (χ4n) is 2.27. The summed E-state index contributed by atoms with van der Waals surface area (Å²) in [6, 6.07) is 6.40. The number of ether oxygens (including phenoxy) is 1. The SMILES string of the molecule is CC(C)(C#N)S(=O)C[C@@]1(N)COCc2ccc([N+](=O)[O-])cc21. The number of nitro benzene ring substituents is 1. The fourth-order valence-corrected chi connectivity index (χ4v) is 3.44. The van der Waals surface area contributed by atoms with Crippen LogP contribution in [0.15, 0.2) is 18.2 Å². The maximum absolute atomic E-state index is 12.4. The minimum absolute atomic E-state index is 0.00171. The third-order valence-corrected chi connectivity index (χ3v) is 5.69. The molecule has 0 amide bonds. The van der Waals surface area contributed by atoms with Crippen molar-refractivity contribution >= 4 is 16.5 Å². The zero-order valence-electron chi connectivity index (χ0n) is 12.4. The van der Waals surface area contributed by atoms with E-state index in [1.807, 2.05) is 6.07 Å². The molecule has 2 atom stereocenters. The molecule has 1 aromatic carbocycles. The number of fused-ring (bicyclic) bond motifs is 1. The Kier molecular flexibility index (Phi) is 4.33. The van der Waals surface area contributed by atoms with Crippen LogP contribution in [0.5, 0.6) is 0 Å². The summed E-state index contributed by atoms with van der Waals surface area (Å²) in [5, 5.41) is 20.0. The summed E-state index contributed by atoms with van der Waals surface area (Å²) >= 11 is 0. The second kappa shape index (κ2) is 5.76. The molecule has 0 radical (unpaired) electrons. The molecule has 0 aromatic heterocycles. The smallest absolute Gasteiger partial charge is 0.269 e. The predicted molar refractivity (Wildman–Crippen MR) is 81.3 cm³/mol. The van der Waals surface area contributed by atoms with Crippen molar-refractivity contribution in [1.82, 2.24) is 0 Å². The Hall–Kier alpha value is -1.82. The molecule has 8 heteroatoms. The molecule has 0 saturated carbocycles. The van der Waals surface area contributed by atoms with E-state index in [-0.39, 0.29) is 18.0 Å². The Labute approximate surface area is 130 Å². The van der Waals surface area contributed by atoms with Gasteiger partial charge in [-0.15, -0.1) is 0 Å². The molecular weight excluding hydrogens is 306 g/mol. The van der Waals surface area contributed by atoms with E-state index < -0.39 is 26.0 Å². The molecule has 0 spiro atoms. The van der Waals surface area contributed by atoms with Gasteiger partial charge in [0, 0.05) is 28.7 Å². The summed E-state index contributed by atoms with van der Waals surface area (Å²) in [7, 11) is -1.53. The Balaban J connectivity index is 2.42. The van der Waals surface area contributed by atoms with E-state index in [9.17, 15) is 14.3 Å². The van der Waals surface area contributed by atoms with Gasteiger partial charge >= 0.3 is 0 Å². The molecular formula is C14H17N3O4S. The maximum Gasteiger partial charge on any atom is 0.269 e. The van der Waals surface area contributed by atoms with Crippen LogP contribution in [-0.4, -0.2) is 26.2 Å². The number of hydrogen-bond acceptors (Lipinski definition) is 6. The van der Waals surface area contributed by atoms with E-state index >= 15 is 0 Å². The number of benzene rings is 1. The van der Waals surface area contributed by atoms with E-state index in [1.165, 1.54) is 12.1 Å². The molecule has 7 nitrogen and oxygen atoms in total. The summed E-state index contributed by atoms with van der Waals surface area (Å²) < 4.78 is 16.8. The van der Waals surface area contributed by atoms with Crippen molar-refractivity contribution in [1.29, 1.82) is 5.26 Å². The van der Waals surface area contributed by atoms with E-state index in [2.05, 4.69) is 0 Å². The molecule has 1 heterocycles. The Morgan fingerprint density at radius 3 is 2.86 bits per heavy atom. The van der Waals surface area contributed by atoms with Crippen molar-refractivity contribution in [2.75, 3.05) is 12.4 Å². The summed E-state index contributed by atoms with van der Waals surface area (Å²) in [6.45, 7) is 3.56. The molecule has 118 valence electrons. The first-order chi connectivity index (χ1) is 10.2. The fraction of sp³-hybridized carbons (Fsp3) is 0.500. The molecule has 1 aliphatic heterocycles. The number of hydrogen-bond donors (Lipinski definition) is 1. The average molecular weight is 323 g/mol. The number of nitro groups is 1. The zero-order chi connectivity index (χ0) is 16.5. The molecule has 1 unspecified atom stereocenters. The molecule has 2 rings (SSSR count). The second-order valence-electron chi connectivity index (χ2n) is 5.86. The largest absolute Gasteiger partial charge is 0.374 e. The van der Waals surface area contributed by atoms with Crippen LogP contribution in [0.4, 0.5) is 5.69 Å². The molecule has 0 fully saturated rings. The number of non-ortho nitro benzene ring substituents is 1. The standard InChI is InChI=1S/C14H17N3O4S/c1-13(2,7-15)22(20)9-14(16)8-21-6-10-3-4-11(17(18)19)5-12(10)14/h3-5H,6,8-9,16H2,1-2H3/t14-,22?/m0/s1. The van der Waals surface area contributed by atoms with Gasteiger partial charge in [0.2, 0.25) is 0 Å². The predicted octanol–water partition coefficient (Wildman–Crippen LogP) is 1.33. The minimum atomic E-state index is -1.53. The van der Waals surface area contributed by atoms with Crippen LogP contribution in [0.25, 0.3) is 0 Å². The lowest BCUT2D eigenvalue weighted by molar-refractivity contribution is -0.385. The third kappa shape index (κ3) is 3.02. The Morgan fingerprint density at radius 2 is 2.27 bits per heavy atom. The van der Waals surface area contributed by atoms with Crippen LogP contribution in [0.1, 0.15) is 25.0 Å². The summed E-state index contributed by atoms with van der Waals surface area (Å²) in [5.41, 5.74) is 6.47. The topological polar surface area (TPSA) is 119 Å². The van der Waals surface area contributed by atoms with Crippen molar-refractivity contribution in [2.45, 2.75) is 30.7 Å². The summed E-state index contributed by atoms with van der Waals surface area (Å²) in [5.74, 6) is 0.00171. The number of nitriles is 1. The highest BCUT2D eigenvalue weighted by atomic mass is 32.2. The van der Waals surface area contributed by atoms with Crippen LogP contribution in [0.2, 0.25) is 0 Å². The number of nitrogens with zero attached hydrogens (tertiary/aromatic N) is 2. The highest BCUT2D eigenvalue weighted by Crippen LogP contribution is 2.33. The van der Waals surface area contributed by atoms with Crippen LogP contribution in [0, 0.1) is 21.4 Å². The van der Waals surface area contributed by atoms with Crippen molar-refractivity contribution in [3.63, 3.8) is 0 Å². The van der Waals surface area contributed by atoms with Crippen molar-refractivity contribution in [2.24, 2.45) is 5.73 Å². The quantitative estimate of drug-likeness (QED) is 0.659. The highest BCUT2D eigenvalue weighted by molar-refractivity contribution is 7.86. The lowest BCUT2D eigenvalue weighted by Crippen LogP contribution is -2.51. The van der Waals surface area contributed by atoms with E-state index in [0.29, 0.717) is 12.2 Å². The first-order valence-electron chi connectivity index (χ1n) is 6.64. The minimum Gasteiger partial charge on any atom is -0.374 e. The van der Waals surface area contributed by atoms with Gasteiger partial charge in [0.25, 0.3) is 5.69 Å². The Bertz CT molecular complexity index is 683. The van der Waals surface area contributed by atoms with Crippen LogP contribution in [0.3, 0.4) is 0 Å². The monoisotopic (exact) mass is 323 g/mol. The van der Waals surface area contributed by atoms with Gasteiger partial charge in [-0.05, 0) is 31.0 Å². The highest BCUT2D eigenvalue weighted by Gasteiger charge is 2.40. The van der Waals surface area contributed by atoms with Gasteiger partial charge < -0.3 is 10.5 Å². The Morgan fingerprint density at radius 1 is 1.59 bits per heavy atom. The summed E-state index contributed by atoms with van der Waals surface area (Å²) in [4.78, 5) is 10.5. The van der Waals surface area contributed by atoms with Crippen molar-refractivity contribution < 1.29 is 13.9 Å². The maximum atomic E-state index is 12.4. The van der Waals surface area contributed by atoms with Gasteiger partial charge in [-0.2, -0.15) is 5.26 Å². The second-order valence-corrected chi connectivity index (χ2v) is 7.86. The molecule has 1 aliphatic rings. The van der Waals surface area contributed by atoms with Crippen molar-refractivity contribution in [3.8, 4) is 6.07 Å². The number of rotatable bonds is 4. The molecule has 2 N–H and O–H groups in total. The van der Waals surface area contributed by atoms with Gasteiger partial charge in [-0.1, -0.05) is 0 Å². The van der Waals surface area contributed by atoms with Gasteiger partial charge in [-0.3, -0.25) is 14.3 Å². The van der Waals surface area contributed by atoms with Crippen LogP contribution in [-0.2, 0) is 27.7 Å². The lowest BCUT2D eigenvalue weighted by atomic mass is 9.87. The lowest BCUT2D eigenvalue weighted by Gasteiger charge is -2.36. The van der Waals surface area contributed by atoms with Crippen LogP contribution < -0.4 is 5.73 Å². The van der Waals surface area contributed by atoms with Crippen molar-refractivity contribution in [3.05, 3.63) is 39.4 Å². The van der Waals surface area contributed by atoms with E-state index in [4.69, 9.17) is 15.7 Å². The normalized spacial score (nSPS) is 22.5. The van der Waals surface area contributed by atoms with E-state index in [0.717, 1.165) is 5.56 Å². The third-order valence-electron chi connectivity index (χ3n) is 3.68. The number of nitrogens with two attached hydrogens (primary N) is 1. The molecule has 0 bridgehead atoms. The van der Waals surface area contributed by atoms with Crippen LogP contribution >= 0.6 is 0 Å². The molecule has 0 aliphatic carbocycles. The first kappa shape index (κ1) is 16.5. The van der Waals surface area contributed by atoms with Gasteiger partial charge in [0.05, 0.1) is 29.7 Å². The summed E-state index contributed by atoms with van der Waals surface area (Å²) in [6.07, 6.45) is 0. The molecule has 0 saturated heterocycles. The molecule has 1 aromatic rings. The van der Waals surface area contributed by atoms with Gasteiger partial charge in [-0.25, -0.2) is 0 Å².